The molecular weight excluding hydrogens is 264 g/mol. The van der Waals surface area contributed by atoms with Gasteiger partial charge in [-0.25, -0.2) is 0 Å². The first-order valence-electron chi connectivity index (χ1n) is 7.23. The van der Waals surface area contributed by atoms with Gasteiger partial charge >= 0.3 is 0 Å². The van der Waals surface area contributed by atoms with Crippen molar-refractivity contribution in [2.24, 2.45) is 0 Å². The van der Waals surface area contributed by atoms with Crippen LogP contribution in [0.25, 0.3) is 0 Å². The molecule has 0 aliphatic heterocycles. The Morgan fingerprint density at radius 3 is 2.52 bits per heavy atom. The van der Waals surface area contributed by atoms with Crippen LogP contribution in [0.3, 0.4) is 0 Å². The van der Waals surface area contributed by atoms with Crippen molar-refractivity contribution in [3.63, 3.8) is 0 Å². The zero-order valence-corrected chi connectivity index (χ0v) is 13.5. The second-order valence-corrected chi connectivity index (χ2v) is 5.43. The van der Waals surface area contributed by atoms with Crippen LogP contribution in [0, 0.1) is 0 Å². The number of hydrogen-bond acceptors (Lipinski definition) is 3. The van der Waals surface area contributed by atoms with Gasteiger partial charge in [0.25, 0.3) is 0 Å². The largest absolute Gasteiger partial charge is 0.497 e. The summed E-state index contributed by atoms with van der Waals surface area (Å²) < 4.78 is 5.12. The molecule has 0 fully saturated rings. The summed E-state index contributed by atoms with van der Waals surface area (Å²) in [5.74, 6) is 0.914. The van der Waals surface area contributed by atoms with E-state index in [-0.39, 0.29) is 5.91 Å². The lowest BCUT2D eigenvalue weighted by Crippen LogP contribution is -2.36. The molecule has 21 heavy (non-hydrogen) atoms. The summed E-state index contributed by atoms with van der Waals surface area (Å²) >= 11 is 0. The summed E-state index contributed by atoms with van der Waals surface area (Å²) in [7, 11) is 3.60. The number of rotatable bonds is 8. The fraction of sp³-hybridized carbons (Fsp3) is 0.471. The molecule has 0 radical (unpaired) electrons. The van der Waals surface area contributed by atoms with Gasteiger partial charge in [-0.3, -0.25) is 9.69 Å². The number of hydrogen-bond donors (Lipinski definition) is 1. The number of methoxy groups -OCH3 is 1. The Morgan fingerprint density at radius 2 is 1.95 bits per heavy atom. The van der Waals surface area contributed by atoms with Crippen LogP contribution >= 0.6 is 0 Å². The minimum Gasteiger partial charge on any atom is -0.497 e. The smallest absolute Gasteiger partial charge is 0.234 e. The summed E-state index contributed by atoms with van der Waals surface area (Å²) in [5.41, 5.74) is 2.45. The first-order valence-corrected chi connectivity index (χ1v) is 7.23. The molecule has 0 aliphatic rings. The molecule has 1 rings (SSSR count). The minimum absolute atomic E-state index is 0.0631. The first kappa shape index (κ1) is 17.2. The monoisotopic (exact) mass is 290 g/mol. The van der Waals surface area contributed by atoms with Crippen LogP contribution in [0.1, 0.15) is 19.4 Å². The number of likely N-dealkylation sites (N-methyl/N-ethyl adjacent to an activating group) is 1. The van der Waals surface area contributed by atoms with Gasteiger partial charge in [0.1, 0.15) is 5.75 Å². The maximum Gasteiger partial charge on any atom is 0.234 e. The second-order valence-electron chi connectivity index (χ2n) is 5.43. The molecule has 1 amide bonds. The van der Waals surface area contributed by atoms with Crippen LogP contribution in [-0.2, 0) is 11.2 Å². The molecule has 4 nitrogen and oxygen atoms in total. The van der Waals surface area contributed by atoms with Gasteiger partial charge in [-0.1, -0.05) is 23.8 Å². The zero-order valence-electron chi connectivity index (χ0n) is 13.5. The van der Waals surface area contributed by atoms with Gasteiger partial charge < -0.3 is 10.1 Å². The number of benzene rings is 1. The van der Waals surface area contributed by atoms with Crippen molar-refractivity contribution in [3.05, 3.63) is 41.5 Å². The molecule has 1 N–H and O–H groups in total. The molecule has 0 bridgehead atoms. The number of nitrogens with zero attached hydrogens (tertiary/aromatic N) is 1. The summed E-state index contributed by atoms with van der Waals surface area (Å²) in [6.07, 6.45) is 2.94. The van der Waals surface area contributed by atoms with Gasteiger partial charge in [0, 0.05) is 13.1 Å². The van der Waals surface area contributed by atoms with Crippen LogP contribution in [-0.4, -0.2) is 44.6 Å². The maximum absolute atomic E-state index is 11.8. The Hall–Kier alpha value is -1.81. The highest BCUT2D eigenvalue weighted by atomic mass is 16.5. The minimum atomic E-state index is 0.0631. The van der Waals surface area contributed by atoms with Gasteiger partial charge in [-0.15, -0.1) is 0 Å². The molecule has 0 aliphatic carbocycles. The van der Waals surface area contributed by atoms with Crippen molar-refractivity contribution in [2.75, 3.05) is 33.8 Å². The predicted octanol–water partition coefficient (Wildman–Crippen LogP) is 2.25. The topological polar surface area (TPSA) is 41.6 Å². The molecule has 1 aromatic carbocycles. The number of carbonyl (C=O) groups excluding carboxylic acids is 1. The number of nitrogens with one attached hydrogen (secondary N) is 1. The number of amides is 1. The lowest BCUT2D eigenvalue weighted by atomic mass is 10.1. The Labute approximate surface area is 127 Å². The van der Waals surface area contributed by atoms with Crippen LogP contribution in [0.15, 0.2) is 35.9 Å². The molecule has 1 aromatic rings. The molecule has 0 saturated heterocycles. The lowest BCUT2D eigenvalue weighted by Gasteiger charge is -2.14. The third kappa shape index (κ3) is 7.51. The fourth-order valence-electron chi connectivity index (χ4n) is 1.84. The normalized spacial score (nSPS) is 10.3. The number of carbonyl (C=O) groups is 1. The van der Waals surface area contributed by atoms with Crippen molar-refractivity contribution >= 4 is 5.91 Å². The molecule has 0 spiro atoms. The average molecular weight is 290 g/mol. The van der Waals surface area contributed by atoms with Crippen molar-refractivity contribution < 1.29 is 9.53 Å². The molecule has 0 aromatic heterocycles. The van der Waals surface area contributed by atoms with E-state index in [9.17, 15) is 4.79 Å². The van der Waals surface area contributed by atoms with E-state index in [1.165, 1.54) is 11.1 Å². The average Bonchev–Trinajstić information content (AvgIpc) is 2.46. The molecule has 4 heteroatoms. The summed E-state index contributed by atoms with van der Waals surface area (Å²) in [6, 6.07) is 7.91. The third-order valence-electron chi connectivity index (χ3n) is 3.12. The highest BCUT2D eigenvalue weighted by Crippen LogP contribution is 2.11. The first-order chi connectivity index (χ1) is 10.0. The predicted molar refractivity (Wildman–Crippen MR) is 86.6 cm³/mol. The van der Waals surface area contributed by atoms with Gasteiger partial charge in [0.15, 0.2) is 0 Å². The highest BCUT2D eigenvalue weighted by molar-refractivity contribution is 5.77. The van der Waals surface area contributed by atoms with Crippen molar-refractivity contribution in [1.82, 2.24) is 10.2 Å². The summed E-state index contributed by atoms with van der Waals surface area (Å²) in [4.78, 5) is 13.8. The van der Waals surface area contributed by atoms with Crippen molar-refractivity contribution in [1.29, 1.82) is 0 Å². The van der Waals surface area contributed by atoms with Crippen LogP contribution in [0.5, 0.6) is 5.75 Å². The van der Waals surface area contributed by atoms with E-state index < -0.39 is 0 Å². The summed E-state index contributed by atoms with van der Waals surface area (Å²) in [6.45, 7) is 5.99. The Kier molecular flexibility index (Phi) is 7.54. The molecule has 0 unspecified atom stereocenters. The number of ether oxygens (including phenoxy) is 1. The maximum atomic E-state index is 11.8. The van der Waals surface area contributed by atoms with Gasteiger partial charge in [0.05, 0.1) is 13.7 Å². The van der Waals surface area contributed by atoms with E-state index in [2.05, 4.69) is 25.2 Å². The van der Waals surface area contributed by atoms with E-state index >= 15 is 0 Å². The quantitative estimate of drug-likeness (QED) is 0.747. The summed E-state index contributed by atoms with van der Waals surface area (Å²) in [5, 5.41) is 2.95. The Balaban J connectivity index is 2.24. The fourth-order valence-corrected chi connectivity index (χ4v) is 1.84. The van der Waals surface area contributed by atoms with Gasteiger partial charge in [-0.2, -0.15) is 0 Å². The zero-order chi connectivity index (χ0) is 15.7. The molecule has 0 saturated carbocycles. The van der Waals surface area contributed by atoms with E-state index in [0.29, 0.717) is 13.1 Å². The third-order valence-corrected chi connectivity index (χ3v) is 3.12. The van der Waals surface area contributed by atoms with Crippen molar-refractivity contribution in [2.45, 2.75) is 20.3 Å². The van der Waals surface area contributed by atoms with Gasteiger partial charge in [-0.05, 0) is 45.0 Å². The molecule has 0 heterocycles. The van der Waals surface area contributed by atoms with Crippen LogP contribution < -0.4 is 10.1 Å². The lowest BCUT2D eigenvalue weighted by molar-refractivity contribution is -0.121. The molecule has 0 atom stereocenters. The van der Waals surface area contributed by atoms with E-state index in [1.807, 2.05) is 36.2 Å². The standard InChI is InChI=1S/C17H26N2O2/c1-14(2)10-12-19(3)13-17(20)18-11-9-15-5-7-16(21-4)8-6-15/h5-8,10H,9,11-13H2,1-4H3,(H,18,20). The highest BCUT2D eigenvalue weighted by Gasteiger charge is 2.04. The van der Waals surface area contributed by atoms with E-state index in [0.717, 1.165) is 18.7 Å². The van der Waals surface area contributed by atoms with E-state index in [4.69, 9.17) is 4.74 Å². The van der Waals surface area contributed by atoms with Crippen molar-refractivity contribution in [3.8, 4) is 5.75 Å². The van der Waals surface area contributed by atoms with Crippen LogP contribution in [0.2, 0.25) is 0 Å². The molecule has 116 valence electrons. The SMILES string of the molecule is COc1ccc(CCNC(=O)CN(C)CC=C(C)C)cc1. The number of allylic oxidation sites excluding steroid dienone is 1. The molecular formula is C17H26N2O2. The Morgan fingerprint density at radius 1 is 1.29 bits per heavy atom. The second kappa shape index (κ2) is 9.19. The Bertz CT molecular complexity index is 462. The van der Waals surface area contributed by atoms with Crippen LogP contribution in [0.4, 0.5) is 0 Å². The van der Waals surface area contributed by atoms with Gasteiger partial charge in [0.2, 0.25) is 5.91 Å². The van der Waals surface area contributed by atoms with E-state index in [1.54, 1.807) is 7.11 Å².